The third kappa shape index (κ3) is 1.64. The van der Waals surface area contributed by atoms with Crippen LogP contribution in [0.15, 0.2) is 30.3 Å². The van der Waals surface area contributed by atoms with Gasteiger partial charge in [0.05, 0.1) is 0 Å². The predicted molar refractivity (Wildman–Crippen MR) is 55.6 cm³/mol. The maximum atomic E-state index is 13.4. The minimum absolute atomic E-state index is 0.200. The summed E-state index contributed by atoms with van der Waals surface area (Å²) in [7, 11) is 0. The summed E-state index contributed by atoms with van der Waals surface area (Å²) in [4.78, 5) is 0. The number of hydrogen-bond donors (Lipinski definition) is 0. The van der Waals surface area contributed by atoms with Gasteiger partial charge in [-0.15, -0.1) is 0 Å². The van der Waals surface area contributed by atoms with Crippen molar-refractivity contribution >= 4 is 15.9 Å². The molecule has 1 fully saturated rings. The number of halogens is 2. The first-order valence-corrected chi connectivity index (χ1v) is 5.25. The second kappa shape index (κ2) is 2.81. The largest absolute Gasteiger partial charge is 0.231 e. The van der Waals surface area contributed by atoms with Crippen molar-refractivity contribution < 1.29 is 4.39 Å². The van der Waals surface area contributed by atoms with E-state index >= 15 is 0 Å². The SMILES string of the molecule is C[C@@]1(Cc2ccccc2)CC1(F)Br. The van der Waals surface area contributed by atoms with Crippen LogP contribution in [-0.2, 0) is 6.42 Å². The third-order valence-electron chi connectivity index (χ3n) is 2.81. The lowest BCUT2D eigenvalue weighted by atomic mass is 9.99. The molecule has 2 atom stereocenters. The van der Waals surface area contributed by atoms with Crippen molar-refractivity contribution in [2.45, 2.75) is 24.3 Å². The van der Waals surface area contributed by atoms with Crippen LogP contribution in [0.1, 0.15) is 18.9 Å². The Hall–Kier alpha value is -0.370. The van der Waals surface area contributed by atoms with Crippen LogP contribution in [-0.4, -0.2) is 4.58 Å². The average Bonchev–Trinajstić information content (AvgIpc) is 2.51. The van der Waals surface area contributed by atoms with Crippen molar-refractivity contribution in [2.75, 3.05) is 0 Å². The molecule has 0 aromatic heterocycles. The average molecular weight is 243 g/mol. The highest BCUT2D eigenvalue weighted by molar-refractivity contribution is 9.10. The van der Waals surface area contributed by atoms with Gasteiger partial charge in [-0.1, -0.05) is 37.3 Å². The molecule has 1 unspecified atom stereocenters. The highest BCUT2D eigenvalue weighted by Gasteiger charge is 2.64. The van der Waals surface area contributed by atoms with Gasteiger partial charge in [-0.25, -0.2) is 4.39 Å². The third-order valence-corrected chi connectivity index (χ3v) is 4.04. The van der Waals surface area contributed by atoms with Crippen molar-refractivity contribution in [3.63, 3.8) is 0 Å². The Kier molecular flexibility index (Phi) is 1.99. The minimum atomic E-state index is -1.13. The molecular weight excluding hydrogens is 231 g/mol. The van der Waals surface area contributed by atoms with Gasteiger partial charge in [0, 0.05) is 11.8 Å². The molecule has 0 radical (unpaired) electrons. The van der Waals surface area contributed by atoms with E-state index < -0.39 is 4.58 Å². The van der Waals surface area contributed by atoms with Crippen molar-refractivity contribution in [3.05, 3.63) is 35.9 Å². The predicted octanol–water partition coefficient (Wildman–Crippen LogP) is 3.70. The van der Waals surface area contributed by atoms with E-state index in [-0.39, 0.29) is 5.41 Å². The summed E-state index contributed by atoms with van der Waals surface area (Å²) < 4.78 is 12.3. The van der Waals surface area contributed by atoms with E-state index in [2.05, 4.69) is 15.9 Å². The molecule has 1 aromatic rings. The molecule has 2 rings (SSSR count). The summed E-state index contributed by atoms with van der Waals surface area (Å²) in [5, 5.41) is 0. The van der Waals surface area contributed by atoms with Crippen molar-refractivity contribution in [3.8, 4) is 0 Å². The van der Waals surface area contributed by atoms with Gasteiger partial charge in [0.25, 0.3) is 0 Å². The topological polar surface area (TPSA) is 0 Å². The van der Waals surface area contributed by atoms with Crippen LogP contribution in [0.3, 0.4) is 0 Å². The second-order valence-electron chi connectivity index (χ2n) is 4.10. The Morgan fingerprint density at radius 3 is 2.38 bits per heavy atom. The quantitative estimate of drug-likeness (QED) is 0.695. The summed E-state index contributed by atoms with van der Waals surface area (Å²) in [6, 6.07) is 10.1. The van der Waals surface area contributed by atoms with Gasteiger partial charge in [0.2, 0.25) is 0 Å². The Bertz CT molecular complexity index is 307. The fourth-order valence-corrected chi connectivity index (χ4v) is 2.44. The highest BCUT2D eigenvalue weighted by atomic mass is 79.9. The molecule has 0 nitrogen and oxygen atoms in total. The molecule has 0 spiro atoms. The molecule has 1 saturated carbocycles. The van der Waals surface area contributed by atoms with Crippen LogP contribution < -0.4 is 0 Å². The van der Waals surface area contributed by atoms with E-state index in [0.29, 0.717) is 6.42 Å². The van der Waals surface area contributed by atoms with Crippen LogP contribution >= 0.6 is 15.9 Å². The maximum Gasteiger partial charge on any atom is 0.171 e. The Labute approximate surface area is 86.3 Å². The van der Waals surface area contributed by atoms with E-state index in [0.717, 1.165) is 6.42 Å². The molecule has 0 aliphatic heterocycles. The van der Waals surface area contributed by atoms with E-state index in [9.17, 15) is 4.39 Å². The van der Waals surface area contributed by atoms with Crippen molar-refractivity contribution in [2.24, 2.45) is 5.41 Å². The molecule has 1 aliphatic carbocycles. The summed E-state index contributed by atoms with van der Waals surface area (Å²) in [5.41, 5.74) is 1.01. The van der Waals surface area contributed by atoms with Gasteiger partial charge in [0.15, 0.2) is 4.58 Å². The van der Waals surface area contributed by atoms with Gasteiger partial charge in [-0.2, -0.15) is 0 Å². The molecule has 1 aromatic carbocycles. The van der Waals surface area contributed by atoms with Gasteiger partial charge in [-0.05, 0) is 27.9 Å². The zero-order valence-electron chi connectivity index (χ0n) is 7.56. The van der Waals surface area contributed by atoms with Gasteiger partial charge < -0.3 is 0 Å². The van der Waals surface area contributed by atoms with Crippen molar-refractivity contribution in [1.82, 2.24) is 0 Å². The summed E-state index contributed by atoms with van der Waals surface area (Å²) in [5.74, 6) is 0. The van der Waals surface area contributed by atoms with Crippen LogP contribution in [0.25, 0.3) is 0 Å². The minimum Gasteiger partial charge on any atom is -0.231 e. The van der Waals surface area contributed by atoms with Crippen LogP contribution in [0, 0.1) is 5.41 Å². The molecule has 70 valence electrons. The van der Waals surface area contributed by atoms with Crippen LogP contribution in [0.4, 0.5) is 4.39 Å². The number of rotatable bonds is 2. The smallest absolute Gasteiger partial charge is 0.171 e. The Balaban J connectivity index is 2.09. The lowest BCUT2D eigenvalue weighted by Gasteiger charge is -2.10. The maximum absolute atomic E-state index is 13.4. The molecule has 0 N–H and O–H groups in total. The zero-order chi connectivity index (χ0) is 9.53. The van der Waals surface area contributed by atoms with Crippen LogP contribution in [0.2, 0.25) is 0 Å². The fourth-order valence-electron chi connectivity index (χ4n) is 1.68. The van der Waals surface area contributed by atoms with Crippen LogP contribution in [0.5, 0.6) is 0 Å². The zero-order valence-corrected chi connectivity index (χ0v) is 9.14. The van der Waals surface area contributed by atoms with Gasteiger partial charge in [-0.3, -0.25) is 0 Å². The highest BCUT2D eigenvalue weighted by Crippen LogP contribution is 2.64. The Morgan fingerprint density at radius 2 is 1.92 bits per heavy atom. The summed E-state index contributed by atoms with van der Waals surface area (Å²) >= 11 is 3.10. The number of hydrogen-bond acceptors (Lipinski definition) is 0. The fraction of sp³-hybridized carbons (Fsp3) is 0.455. The molecule has 0 heterocycles. The second-order valence-corrected chi connectivity index (χ2v) is 5.36. The molecule has 13 heavy (non-hydrogen) atoms. The molecule has 0 saturated heterocycles. The van der Waals surface area contributed by atoms with E-state index in [4.69, 9.17) is 0 Å². The molecule has 1 aliphatic rings. The lowest BCUT2D eigenvalue weighted by molar-refractivity contribution is 0.349. The standard InChI is InChI=1S/C11H12BrF/c1-10(8-11(10,12)13)7-9-5-3-2-4-6-9/h2-6H,7-8H2,1H3/t10-,11?/m1/s1. The van der Waals surface area contributed by atoms with Gasteiger partial charge >= 0.3 is 0 Å². The van der Waals surface area contributed by atoms with Gasteiger partial charge in [0.1, 0.15) is 0 Å². The first kappa shape index (κ1) is 9.20. The Morgan fingerprint density at radius 1 is 1.38 bits per heavy atom. The lowest BCUT2D eigenvalue weighted by Crippen LogP contribution is -2.08. The summed E-state index contributed by atoms with van der Waals surface area (Å²) in [6.45, 7) is 1.98. The first-order chi connectivity index (χ1) is 6.04. The molecule has 2 heteroatoms. The number of alkyl halides is 2. The molecular formula is C11H12BrF. The monoisotopic (exact) mass is 242 g/mol. The normalized spacial score (nSPS) is 37.5. The van der Waals surface area contributed by atoms with E-state index in [1.807, 2.05) is 37.3 Å². The van der Waals surface area contributed by atoms with Crippen molar-refractivity contribution in [1.29, 1.82) is 0 Å². The molecule has 0 bridgehead atoms. The first-order valence-electron chi connectivity index (χ1n) is 4.45. The summed E-state index contributed by atoms with van der Waals surface area (Å²) in [6.07, 6.45) is 1.44. The van der Waals surface area contributed by atoms with E-state index in [1.165, 1.54) is 5.56 Å². The number of benzene rings is 1. The molecule has 0 amide bonds. The van der Waals surface area contributed by atoms with E-state index in [1.54, 1.807) is 0 Å².